The van der Waals surface area contributed by atoms with E-state index in [0.29, 0.717) is 24.8 Å². The maximum absolute atomic E-state index is 13.4. The number of sulfone groups is 1. The van der Waals surface area contributed by atoms with Crippen LogP contribution in [0.1, 0.15) is 73.4 Å². The van der Waals surface area contributed by atoms with Gasteiger partial charge in [0.1, 0.15) is 15.9 Å². The van der Waals surface area contributed by atoms with Gasteiger partial charge in [0.2, 0.25) is 0 Å². The van der Waals surface area contributed by atoms with Gasteiger partial charge < -0.3 is 15.2 Å². The first-order chi connectivity index (χ1) is 19.5. The van der Waals surface area contributed by atoms with Crippen molar-refractivity contribution >= 4 is 21.7 Å². The number of amides is 1. The van der Waals surface area contributed by atoms with Gasteiger partial charge in [0, 0.05) is 30.5 Å². The Morgan fingerprint density at radius 3 is 2.41 bits per heavy atom. The monoisotopic (exact) mass is 586 g/mol. The van der Waals surface area contributed by atoms with Crippen LogP contribution in [0.3, 0.4) is 0 Å². The molecule has 0 spiro atoms. The van der Waals surface area contributed by atoms with Crippen molar-refractivity contribution in [2.75, 3.05) is 32.3 Å². The summed E-state index contributed by atoms with van der Waals surface area (Å²) in [6, 6.07) is 13.1. The summed E-state index contributed by atoms with van der Waals surface area (Å²) in [7, 11) is -1.16. The Kier molecular flexibility index (Phi) is 12.4. The fourth-order valence-corrected chi connectivity index (χ4v) is 6.31. The topological polar surface area (TPSA) is 113 Å². The number of carbonyl (C=O) groups is 2. The molecule has 0 aromatic heterocycles. The molecule has 2 aromatic carbocycles. The van der Waals surface area contributed by atoms with Crippen LogP contribution in [0.25, 0.3) is 11.1 Å². The number of hydrogen-bond acceptors (Lipinski definition) is 6. The van der Waals surface area contributed by atoms with Crippen LogP contribution in [0.2, 0.25) is 0 Å². The van der Waals surface area contributed by atoms with Gasteiger partial charge in [0.15, 0.2) is 0 Å². The standard InChI is InChI=1S/C32H46N2O6S/c1-5-40-22-26(34(3)25-12-7-6-8-13-25)17-15-24-16-18-28(29(21-24)27-14-10-9-11-23(27)2)31(35)33-30(32(36)37)19-20-41(4,38)39/h9-11,14,16,18,21,25-26,30H,5-8,12-13,15,17,19-20,22H2,1-4H3,(H,33,35)(H,36,37)/t26?,30-/m0/s1. The first-order valence-corrected chi connectivity index (χ1v) is 16.8. The van der Waals surface area contributed by atoms with Crippen LogP contribution in [0.5, 0.6) is 0 Å². The average Bonchev–Trinajstić information content (AvgIpc) is 2.95. The van der Waals surface area contributed by atoms with Crippen LogP contribution < -0.4 is 5.32 Å². The Morgan fingerprint density at radius 1 is 1.07 bits per heavy atom. The predicted octanol–water partition coefficient (Wildman–Crippen LogP) is 4.88. The molecule has 2 N–H and O–H groups in total. The third-order valence-electron chi connectivity index (χ3n) is 8.15. The van der Waals surface area contributed by atoms with Crippen molar-refractivity contribution in [1.82, 2.24) is 10.2 Å². The summed E-state index contributed by atoms with van der Waals surface area (Å²) in [5, 5.41) is 12.2. The lowest BCUT2D eigenvalue weighted by Gasteiger charge is -2.37. The van der Waals surface area contributed by atoms with Crippen LogP contribution in [-0.4, -0.2) is 80.7 Å². The highest BCUT2D eigenvalue weighted by molar-refractivity contribution is 7.90. The summed E-state index contributed by atoms with van der Waals surface area (Å²) in [6.07, 6.45) is 8.88. The molecule has 0 heterocycles. The highest BCUT2D eigenvalue weighted by Crippen LogP contribution is 2.30. The van der Waals surface area contributed by atoms with Gasteiger partial charge in [-0.2, -0.15) is 0 Å². The first kappa shape index (κ1) is 32.8. The molecular weight excluding hydrogens is 540 g/mol. The predicted molar refractivity (Wildman–Crippen MR) is 163 cm³/mol. The Hall–Kier alpha value is -2.75. The van der Waals surface area contributed by atoms with E-state index in [0.717, 1.165) is 41.4 Å². The normalized spacial score (nSPS) is 15.9. The second-order valence-electron chi connectivity index (χ2n) is 11.3. The third kappa shape index (κ3) is 9.94. The molecule has 8 nitrogen and oxygen atoms in total. The third-order valence-corrected chi connectivity index (χ3v) is 9.13. The van der Waals surface area contributed by atoms with Crippen LogP contribution in [0, 0.1) is 6.92 Å². The molecule has 9 heteroatoms. The number of carboxylic acids is 1. The number of hydrogen-bond donors (Lipinski definition) is 2. The number of ether oxygens (including phenoxy) is 1. The van der Waals surface area contributed by atoms with E-state index in [4.69, 9.17) is 4.74 Å². The van der Waals surface area contributed by atoms with Gasteiger partial charge >= 0.3 is 5.97 Å². The minimum absolute atomic E-state index is 0.201. The van der Waals surface area contributed by atoms with E-state index in [-0.39, 0.29) is 18.2 Å². The molecular formula is C32H46N2O6S. The molecule has 0 radical (unpaired) electrons. The van der Waals surface area contributed by atoms with Crippen LogP contribution >= 0.6 is 0 Å². The highest BCUT2D eigenvalue weighted by atomic mass is 32.2. The number of rotatable bonds is 15. The van der Waals surface area contributed by atoms with E-state index >= 15 is 0 Å². The van der Waals surface area contributed by atoms with E-state index in [1.165, 1.54) is 32.1 Å². The molecule has 2 aromatic rings. The molecule has 41 heavy (non-hydrogen) atoms. The van der Waals surface area contributed by atoms with Crippen molar-refractivity contribution in [3.63, 3.8) is 0 Å². The number of aliphatic carboxylic acids is 1. The summed E-state index contributed by atoms with van der Waals surface area (Å²) in [6.45, 7) is 5.36. The Bertz CT molecular complexity index is 1270. The Balaban J connectivity index is 1.86. The fourth-order valence-electron chi connectivity index (χ4n) is 5.65. The molecule has 0 aliphatic heterocycles. The summed E-state index contributed by atoms with van der Waals surface area (Å²) < 4.78 is 29.1. The summed E-state index contributed by atoms with van der Waals surface area (Å²) in [5.74, 6) is -2.13. The lowest BCUT2D eigenvalue weighted by molar-refractivity contribution is -0.139. The summed E-state index contributed by atoms with van der Waals surface area (Å²) >= 11 is 0. The molecule has 1 unspecified atom stereocenters. The zero-order chi connectivity index (χ0) is 30.0. The van der Waals surface area contributed by atoms with Crippen molar-refractivity contribution in [2.24, 2.45) is 0 Å². The van der Waals surface area contributed by atoms with Crippen molar-refractivity contribution in [2.45, 2.75) is 83.3 Å². The molecule has 2 atom stereocenters. The minimum Gasteiger partial charge on any atom is -0.480 e. The van der Waals surface area contributed by atoms with Gasteiger partial charge in [-0.15, -0.1) is 0 Å². The van der Waals surface area contributed by atoms with E-state index in [1.807, 2.05) is 50.2 Å². The number of nitrogens with one attached hydrogen (secondary N) is 1. The fraction of sp³-hybridized carbons (Fsp3) is 0.562. The van der Waals surface area contributed by atoms with E-state index in [2.05, 4.69) is 17.3 Å². The van der Waals surface area contributed by atoms with Gasteiger partial charge in [-0.1, -0.05) is 55.7 Å². The van der Waals surface area contributed by atoms with Gasteiger partial charge in [-0.3, -0.25) is 9.69 Å². The molecule has 3 rings (SSSR count). The molecule has 1 saturated carbocycles. The summed E-state index contributed by atoms with van der Waals surface area (Å²) in [4.78, 5) is 27.7. The van der Waals surface area contributed by atoms with Gasteiger partial charge in [-0.25, -0.2) is 13.2 Å². The zero-order valence-electron chi connectivity index (χ0n) is 24.9. The lowest BCUT2D eigenvalue weighted by atomic mass is 9.91. The Labute approximate surface area is 245 Å². The van der Waals surface area contributed by atoms with Gasteiger partial charge in [-0.05, 0) is 81.3 Å². The molecule has 1 fully saturated rings. The van der Waals surface area contributed by atoms with E-state index < -0.39 is 27.8 Å². The molecule has 1 amide bonds. The number of aryl methyl sites for hydroxylation is 2. The number of benzene rings is 2. The quantitative estimate of drug-likeness (QED) is 0.306. The number of nitrogens with zero attached hydrogens (tertiary/aromatic N) is 1. The SMILES string of the molecule is CCOCC(CCc1ccc(C(=O)N[C@@H](CCS(C)(=O)=O)C(=O)O)c(-c2ccccc2C)c1)N(C)C1CCCCC1. The smallest absolute Gasteiger partial charge is 0.326 e. The van der Waals surface area contributed by atoms with Crippen molar-refractivity contribution < 1.29 is 27.9 Å². The first-order valence-electron chi connectivity index (χ1n) is 14.7. The molecule has 0 bridgehead atoms. The maximum atomic E-state index is 13.4. The maximum Gasteiger partial charge on any atom is 0.326 e. The van der Waals surface area contributed by atoms with E-state index in [9.17, 15) is 23.1 Å². The van der Waals surface area contributed by atoms with Crippen molar-refractivity contribution in [1.29, 1.82) is 0 Å². The van der Waals surface area contributed by atoms with E-state index in [1.54, 1.807) is 6.07 Å². The number of carbonyl (C=O) groups excluding carboxylic acids is 1. The van der Waals surface area contributed by atoms with Crippen LogP contribution in [0.15, 0.2) is 42.5 Å². The molecule has 0 saturated heterocycles. The second-order valence-corrected chi connectivity index (χ2v) is 13.5. The number of likely N-dealkylation sites (N-methyl/N-ethyl adjacent to an activating group) is 1. The number of carboxylic acid groups (broad SMARTS) is 1. The summed E-state index contributed by atoms with van der Waals surface area (Å²) in [5.41, 5.74) is 4.07. The molecule has 226 valence electrons. The zero-order valence-corrected chi connectivity index (χ0v) is 25.7. The van der Waals surface area contributed by atoms with Gasteiger partial charge in [0.25, 0.3) is 5.91 Å². The van der Waals surface area contributed by atoms with Crippen molar-refractivity contribution in [3.8, 4) is 11.1 Å². The molecule has 1 aliphatic carbocycles. The highest BCUT2D eigenvalue weighted by Gasteiger charge is 2.26. The van der Waals surface area contributed by atoms with Crippen molar-refractivity contribution in [3.05, 3.63) is 59.2 Å². The van der Waals surface area contributed by atoms with Crippen LogP contribution in [-0.2, 0) is 25.8 Å². The Morgan fingerprint density at radius 2 is 1.78 bits per heavy atom. The molecule has 1 aliphatic rings. The largest absolute Gasteiger partial charge is 0.480 e. The van der Waals surface area contributed by atoms with Gasteiger partial charge in [0.05, 0.1) is 12.4 Å². The lowest BCUT2D eigenvalue weighted by Crippen LogP contribution is -2.44. The van der Waals surface area contributed by atoms with Crippen LogP contribution in [0.4, 0.5) is 0 Å². The average molecular weight is 587 g/mol. The second kappa shape index (κ2) is 15.5. The minimum atomic E-state index is -3.38.